The molecule has 3 aliphatic heterocycles. The van der Waals surface area contributed by atoms with Gasteiger partial charge in [-0.3, -0.25) is 4.90 Å². The van der Waals surface area contributed by atoms with Gasteiger partial charge in [-0.25, -0.2) is 8.42 Å². The summed E-state index contributed by atoms with van der Waals surface area (Å²) in [5, 5.41) is 0. The molecule has 1 aromatic carbocycles. The third-order valence-electron chi connectivity index (χ3n) is 6.28. The number of sulfonamides is 1. The van der Waals surface area contributed by atoms with E-state index in [1.54, 1.807) is 18.5 Å². The number of piperidine rings is 1. The molecule has 0 aromatic heterocycles. The monoisotopic (exact) mass is 395 g/mol. The van der Waals surface area contributed by atoms with Crippen LogP contribution in [-0.4, -0.2) is 69.3 Å². The third-order valence-corrected chi connectivity index (χ3v) is 8.26. The van der Waals surface area contributed by atoms with Gasteiger partial charge in [0.25, 0.3) is 0 Å². The normalized spacial score (nSPS) is 31.0. The molecule has 2 N–H and O–H groups in total. The second-order valence-corrected chi connectivity index (χ2v) is 9.81. The molecule has 3 aliphatic rings. The van der Waals surface area contributed by atoms with E-state index in [-0.39, 0.29) is 23.9 Å². The summed E-state index contributed by atoms with van der Waals surface area (Å²) in [6, 6.07) is 4.03. The van der Waals surface area contributed by atoms with Crippen LogP contribution in [0.4, 0.5) is 0 Å². The van der Waals surface area contributed by atoms with Crippen LogP contribution >= 0.6 is 0 Å². The van der Waals surface area contributed by atoms with Crippen molar-refractivity contribution in [3.63, 3.8) is 0 Å². The van der Waals surface area contributed by atoms with Gasteiger partial charge >= 0.3 is 0 Å². The van der Waals surface area contributed by atoms with Crippen molar-refractivity contribution in [2.75, 3.05) is 39.6 Å². The van der Waals surface area contributed by atoms with Crippen LogP contribution in [-0.2, 0) is 16.4 Å². The number of hydrogen-bond acceptors (Lipinski definition) is 6. The fourth-order valence-electron chi connectivity index (χ4n) is 4.85. The molecular weight excluding hydrogens is 366 g/mol. The molecule has 0 aliphatic carbocycles. The van der Waals surface area contributed by atoms with Gasteiger partial charge in [-0.1, -0.05) is 0 Å². The lowest BCUT2D eigenvalue weighted by Gasteiger charge is -2.49. The lowest BCUT2D eigenvalue weighted by atomic mass is 9.83. The van der Waals surface area contributed by atoms with E-state index in [2.05, 4.69) is 17.0 Å². The van der Waals surface area contributed by atoms with E-state index in [1.807, 2.05) is 0 Å². The van der Waals surface area contributed by atoms with Crippen LogP contribution in [0.1, 0.15) is 36.4 Å². The maximum Gasteiger partial charge on any atom is 0.214 e. The van der Waals surface area contributed by atoms with E-state index in [0.717, 1.165) is 43.7 Å². The van der Waals surface area contributed by atoms with Crippen molar-refractivity contribution in [1.29, 1.82) is 0 Å². The molecule has 150 valence electrons. The molecule has 0 spiro atoms. The van der Waals surface area contributed by atoms with E-state index < -0.39 is 10.0 Å². The molecule has 27 heavy (non-hydrogen) atoms. The highest BCUT2D eigenvalue weighted by molar-refractivity contribution is 7.89. The number of nitrogens with two attached hydrogens (primary N) is 1. The van der Waals surface area contributed by atoms with Crippen LogP contribution in [0.2, 0.25) is 0 Å². The summed E-state index contributed by atoms with van der Waals surface area (Å²) in [6.07, 6.45) is 3.34. The molecule has 4 rings (SSSR count). The summed E-state index contributed by atoms with van der Waals surface area (Å²) in [7, 11) is 0.116. The zero-order valence-corrected chi connectivity index (χ0v) is 16.9. The first-order chi connectivity index (χ1) is 12.9. The predicted molar refractivity (Wildman–Crippen MR) is 104 cm³/mol. The SMILES string of the molecule is COc1cc2c(cc1OC)C1CC(N)C(N3CCCCS3(=O)=O)CN1CC2. The van der Waals surface area contributed by atoms with Gasteiger partial charge in [-0.2, -0.15) is 4.31 Å². The topological polar surface area (TPSA) is 85.1 Å². The van der Waals surface area contributed by atoms with Crippen LogP contribution in [0.3, 0.4) is 0 Å². The molecule has 0 radical (unpaired) electrons. The van der Waals surface area contributed by atoms with Crippen LogP contribution in [0.15, 0.2) is 12.1 Å². The van der Waals surface area contributed by atoms with Crippen molar-refractivity contribution in [2.45, 2.75) is 43.8 Å². The van der Waals surface area contributed by atoms with Gasteiger partial charge in [0.1, 0.15) is 0 Å². The van der Waals surface area contributed by atoms with E-state index in [9.17, 15) is 8.42 Å². The summed E-state index contributed by atoms with van der Waals surface area (Å²) < 4.78 is 37.7. The molecule has 8 heteroatoms. The molecule has 3 atom stereocenters. The Labute approximate surface area is 161 Å². The summed E-state index contributed by atoms with van der Waals surface area (Å²) in [5.74, 6) is 1.73. The minimum absolute atomic E-state index is 0.131. The smallest absolute Gasteiger partial charge is 0.214 e. The van der Waals surface area contributed by atoms with E-state index in [4.69, 9.17) is 15.2 Å². The van der Waals surface area contributed by atoms with Crippen molar-refractivity contribution in [3.8, 4) is 11.5 Å². The number of fused-ring (bicyclic) bond motifs is 3. The first-order valence-corrected chi connectivity index (χ1v) is 11.3. The highest BCUT2D eigenvalue weighted by Gasteiger charge is 2.43. The Balaban J connectivity index is 1.62. The molecule has 3 heterocycles. The van der Waals surface area contributed by atoms with Gasteiger partial charge in [-0.05, 0) is 48.9 Å². The van der Waals surface area contributed by atoms with Gasteiger partial charge in [-0.15, -0.1) is 0 Å². The zero-order valence-electron chi connectivity index (χ0n) is 16.1. The predicted octanol–water partition coefficient (Wildman–Crippen LogP) is 1.13. The van der Waals surface area contributed by atoms with Gasteiger partial charge in [0.15, 0.2) is 11.5 Å². The molecule has 7 nitrogen and oxygen atoms in total. The molecule has 0 amide bonds. The lowest BCUT2D eigenvalue weighted by molar-refractivity contribution is 0.0689. The highest BCUT2D eigenvalue weighted by Crippen LogP contribution is 2.42. The number of ether oxygens (including phenoxy) is 2. The van der Waals surface area contributed by atoms with Crippen LogP contribution in [0, 0.1) is 0 Å². The number of methoxy groups -OCH3 is 2. The van der Waals surface area contributed by atoms with E-state index in [1.165, 1.54) is 11.1 Å². The van der Waals surface area contributed by atoms with Crippen LogP contribution < -0.4 is 15.2 Å². The first-order valence-electron chi connectivity index (χ1n) is 9.68. The Bertz CT molecular complexity index is 813. The summed E-state index contributed by atoms with van der Waals surface area (Å²) >= 11 is 0. The Morgan fingerprint density at radius 1 is 1.11 bits per heavy atom. The standard InChI is InChI=1S/C19H29N3O4S/c1-25-18-9-13-5-7-21-12-17(22-6-3-4-8-27(22,23)24)15(20)11-16(21)14(13)10-19(18)26-2/h9-10,15-17H,3-8,11-12,20H2,1-2H3. The van der Waals surface area contributed by atoms with Crippen LogP contribution in [0.5, 0.6) is 11.5 Å². The Morgan fingerprint density at radius 3 is 2.56 bits per heavy atom. The summed E-state index contributed by atoms with van der Waals surface area (Å²) in [6.45, 7) is 2.20. The average molecular weight is 396 g/mol. The lowest BCUT2D eigenvalue weighted by Crippen LogP contribution is -2.62. The number of rotatable bonds is 3. The minimum Gasteiger partial charge on any atom is -0.493 e. The molecular formula is C19H29N3O4S. The first kappa shape index (κ1) is 19.0. The highest BCUT2D eigenvalue weighted by atomic mass is 32.2. The van der Waals surface area contributed by atoms with Gasteiger partial charge in [0.2, 0.25) is 10.0 Å². The van der Waals surface area contributed by atoms with Crippen molar-refractivity contribution in [1.82, 2.24) is 9.21 Å². The number of hydrogen-bond donors (Lipinski definition) is 1. The summed E-state index contributed by atoms with van der Waals surface area (Å²) in [5.41, 5.74) is 9.03. The molecule has 2 fully saturated rings. The molecule has 3 unspecified atom stereocenters. The quantitative estimate of drug-likeness (QED) is 0.826. The third kappa shape index (κ3) is 3.33. The maximum atomic E-state index is 12.6. The van der Waals surface area contributed by atoms with Gasteiger partial charge < -0.3 is 15.2 Å². The van der Waals surface area contributed by atoms with E-state index >= 15 is 0 Å². The molecule has 1 aromatic rings. The Kier molecular flexibility index (Phi) is 5.09. The Hall–Kier alpha value is -1.35. The average Bonchev–Trinajstić information content (AvgIpc) is 2.66. The zero-order chi connectivity index (χ0) is 19.2. The molecule has 0 bridgehead atoms. The molecule has 2 saturated heterocycles. The number of nitrogens with zero attached hydrogens (tertiary/aromatic N) is 2. The maximum absolute atomic E-state index is 12.6. The fourth-order valence-corrected chi connectivity index (χ4v) is 6.70. The summed E-state index contributed by atoms with van der Waals surface area (Å²) in [4.78, 5) is 2.40. The Morgan fingerprint density at radius 2 is 1.85 bits per heavy atom. The second kappa shape index (κ2) is 7.24. The van der Waals surface area contributed by atoms with Crippen molar-refractivity contribution in [2.24, 2.45) is 5.73 Å². The van der Waals surface area contributed by atoms with Crippen molar-refractivity contribution < 1.29 is 17.9 Å². The van der Waals surface area contributed by atoms with Crippen LogP contribution in [0.25, 0.3) is 0 Å². The van der Waals surface area contributed by atoms with Crippen molar-refractivity contribution in [3.05, 3.63) is 23.3 Å². The minimum atomic E-state index is -3.18. The largest absolute Gasteiger partial charge is 0.493 e. The number of benzene rings is 1. The van der Waals surface area contributed by atoms with Gasteiger partial charge in [0.05, 0.1) is 26.0 Å². The van der Waals surface area contributed by atoms with Gasteiger partial charge in [0, 0.05) is 31.7 Å². The second-order valence-electron chi connectivity index (χ2n) is 7.77. The van der Waals surface area contributed by atoms with E-state index in [0.29, 0.717) is 13.1 Å². The molecule has 0 saturated carbocycles. The fraction of sp³-hybridized carbons (Fsp3) is 0.684. The van der Waals surface area contributed by atoms with Crippen molar-refractivity contribution >= 4 is 10.0 Å².